The number of hydrogen-bond acceptors (Lipinski definition) is 4. The number of halogens is 1. The van der Waals surface area contributed by atoms with Crippen LogP contribution in [0.2, 0.25) is 0 Å². The van der Waals surface area contributed by atoms with E-state index < -0.39 is 0 Å². The van der Waals surface area contributed by atoms with Crippen LogP contribution in [0.5, 0.6) is 5.75 Å². The summed E-state index contributed by atoms with van der Waals surface area (Å²) in [6.45, 7) is 0. The Labute approximate surface area is 126 Å². The second-order valence-electron chi connectivity index (χ2n) is 5.31. The maximum Gasteiger partial charge on any atom is 0.261 e. The van der Waals surface area contributed by atoms with Gasteiger partial charge < -0.3 is 9.63 Å². The summed E-state index contributed by atoms with van der Waals surface area (Å²) in [7, 11) is 0. The van der Waals surface area contributed by atoms with Crippen LogP contribution in [0.25, 0.3) is 11.5 Å². The third-order valence-corrected chi connectivity index (χ3v) is 4.35. The van der Waals surface area contributed by atoms with E-state index in [0.717, 1.165) is 23.1 Å². The number of nitrogens with zero attached hydrogens (tertiary/aromatic N) is 2. The van der Waals surface area contributed by atoms with E-state index in [1.54, 1.807) is 12.1 Å². The maximum atomic E-state index is 9.95. The molecule has 0 amide bonds. The number of aromatic hydroxyl groups is 1. The van der Waals surface area contributed by atoms with Crippen molar-refractivity contribution >= 4 is 15.9 Å². The second kappa shape index (κ2) is 5.95. The van der Waals surface area contributed by atoms with Gasteiger partial charge in [-0.3, -0.25) is 0 Å². The minimum Gasteiger partial charge on any atom is -0.507 e. The molecule has 1 aromatic heterocycles. The summed E-state index contributed by atoms with van der Waals surface area (Å²) in [5.41, 5.74) is 0.584. The number of aromatic nitrogens is 2. The Kier molecular flexibility index (Phi) is 4.05. The molecule has 1 aliphatic rings. The molecule has 0 saturated heterocycles. The lowest BCUT2D eigenvalue weighted by atomic mass is 10.00. The van der Waals surface area contributed by atoms with Crippen molar-refractivity contribution in [3.63, 3.8) is 0 Å². The first-order valence-corrected chi connectivity index (χ1v) is 7.86. The van der Waals surface area contributed by atoms with Crippen molar-refractivity contribution in [2.45, 2.75) is 44.4 Å². The molecular formula is C15H17BrN2O2. The van der Waals surface area contributed by atoms with Crippen LogP contribution in [0, 0.1) is 0 Å². The molecule has 0 radical (unpaired) electrons. The fourth-order valence-electron chi connectivity index (χ4n) is 2.73. The van der Waals surface area contributed by atoms with Gasteiger partial charge in [0, 0.05) is 10.4 Å². The molecule has 106 valence electrons. The molecule has 1 saturated carbocycles. The van der Waals surface area contributed by atoms with E-state index >= 15 is 0 Å². The third-order valence-electron chi connectivity index (χ3n) is 3.85. The summed E-state index contributed by atoms with van der Waals surface area (Å²) in [4.78, 5) is 4.48. The highest BCUT2D eigenvalue weighted by Gasteiger charge is 2.21. The van der Waals surface area contributed by atoms with Crippen molar-refractivity contribution in [1.82, 2.24) is 10.1 Å². The van der Waals surface area contributed by atoms with Gasteiger partial charge in [-0.05, 0) is 31.0 Å². The van der Waals surface area contributed by atoms with Gasteiger partial charge >= 0.3 is 0 Å². The largest absolute Gasteiger partial charge is 0.507 e. The van der Waals surface area contributed by atoms with Crippen molar-refractivity contribution in [3.8, 4) is 17.2 Å². The molecule has 1 N–H and O–H groups in total. The zero-order chi connectivity index (χ0) is 13.9. The number of benzene rings is 1. The lowest BCUT2D eigenvalue weighted by Crippen LogP contribution is -1.99. The number of rotatable bonds is 2. The van der Waals surface area contributed by atoms with Crippen LogP contribution in [0.3, 0.4) is 0 Å². The normalized spacial score (nSPS) is 17.1. The van der Waals surface area contributed by atoms with E-state index in [2.05, 4.69) is 26.1 Å². The summed E-state index contributed by atoms with van der Waals surface area (Å²) >= 11 is 3.32. The number of hydrogen-bond donors (Lipinski definition) is 1. The molecule has 1 fully saturated rings. The van der Waals surface area contributed by atoms with Gasteiger partial charge in [-0.1, -0.05) is 46.8 Å². The Bertz CT molecular complexity index is 589. The predicted molar refractivity (Wildman–Crippen MR) is 79.5 cm³/mol. The highest BCUT2D eigenvalue weighted by Crippen LogP contribution is 2.34. The molecule has 4 nitrogen and oxygen atoms in total. The van der Waals surface area contributed by atoms with E-state index in [4.69, 9.17) is 4.52 Å². The Morgan fingerprint density at radius 1 is 1.15 bits per heavy atom. The molecule has 20 heavy (non-hydrogen) atoms. The number of phenolic OH excluding ortho intramolecular Hbond substituents is 1. The van der Waals surface area contributed by atoms with Crippen molar-refractivity contribution in [3.05, 3.63) is 28.5 Å². The van der Waals surface area contributed by atoms with Gasteiger partial charge in [0.25, 0.3) is 5.89 Å². The van der Waals surface area contributed by atoms with E-state index in [1.165, 1.54) is 25.7 Å². The quantitative estimate of drug-likeness (QED) is 0.811. The van der Waals surface area contributed by atoms with Gasteiger partial charge in [0.2, 0.25) is 0 Å². The van der Waals surface area contributed by atoms with Crippen LogP contribution >= 0.6 is 15.9 Å². The second-order valence-corrected chi connectivity index (χ2v) is 6.22. The van der Waals surface area contributed by atoms with E-state index in [9.17, 15) is 5.11 Å². The van der Waals surface area contributed by atoms with Gasteiger partial charge in [0.05, 0.1) is 5.56 Å². The average molecular weight is 337 g/mol. The van der Waals surface area contributed by atoms with Crippen molar-refractivity contribution < 1.29 is 9.63 Å². The molecule has 0 spiro atoms. The fourth-order valence-corrected chi connectivity index (χ4v) is 3.08. The van der Waals surface area contributed by atoms with Gasteiger partial charge in [-0.2, -0.15) is 4.98 Å². The summed E-state index contributed by atoms with van der Waals surface area (Å²) in [6.07, 6.45) is 7.33. The zero-order valence-electron chi connectivity index (χ0n) is 11.2. The molecular weight excluding hydrogens is 320 g/mol. The van der Waals surface area contributed by atoms with Gasteiger partial charge in [0.15, 0.2) is 5.82 Å². The van der Waals surface area contributed by atoms with E-state index in [1.807, 2.05) is 6.07 Å². The molecule has 0 aliphatic heterocycles. The first-order valence-electron chi connectivity index (χ1n) is 7.06. The molecule has 0 bridgehead atoms. The summed E-state index contributed by atoms with van der Waals surface area (Å²) in [5.74, 6) is 1.72. The first kappa shape index (κ1) is 13.6. The van der Waals surface area contributed by atoms with Crippen LogP contribution in [0.15, 0.2) is 27.2 Å². The Balaban J connectivity index is 1.85. The molecule has 3 rings (SSSR count). The van der Waals surface area contributed by atoms with E-state index in [0.29, 0.717) is 17.4 Å². The molecule has 1 aliphatic carbocycles. The fraction of sp³-hybridized carbons (Fsp3) is 0.467. The van der Waals surface area contributed by atoms with Crippen LogP contribution in [0.1, 0.15) is 50.3 Å². The average Bonchev–Trinajstić information content (AvgIpc) is 2.74. The minimum absolute atomic E-state index is 0.149. The highest BCUT2D eigenvalue weighted by molar-refractivity contribution is 9.10. The monoisotopic (exact) mass is 336 g/mol. The SMILES string of the molecule is Oc1cc(Br)ccc1-c1nc(C2CCCCCC2)no1. The molecule has 0 unspecified atom stereocenters. The maximum absolute atomic E-state index is 9.95. The molecule has 1 aromatic carbocycles. The summed E-state index contributed by atoms with van der Waals surface area (Å²) < 4.78 is 6.15. The van der Waals surface area contributed by atoms with Crippen molar-refractivity contribution in [2.24, 2.45) is 0 Å². The molecule has 2 aromatic rings. The molecule has 5 heteroatoms. The van der Waals surface area contributed by atoms with Crippen LogP contribution in [0.4, 0.5) is 0 Å². The Morgan fingerprint density at radius 3 is 2.60 bits per heavy atom. The number of phenols is 1. The van der Waals surface area contributed by atoms with E-state index in [-0.39, 0.29) is 5.75 Å². The first-order chi connectivity index (χ1) is 9.74. The minimum atomic E-state index is 0.149. The highest BCUT2D eigenvalue weighted by atomic mass is 79.9. The topological polar surface area (TPSA) is 59.2 Å². The third kappa shape index (κ3) is 2.87. The van der Waals surface area contributed by atoms with Gasteiger partial charge in [-0.15, -0.1) is 0 Å². The molecule has 0 atom stereocenters. The van der Waals surface area contributed by atoms with Crippen LogP contribution in [-0.4, -0.2) is 15.2 Å². The van der Waals surface area contributed by atoms with Crippen molar-refractivity contribution in [1.29, 1.82) is 0 Å². The van der Waals surface area contributed by atoms with Crippen LogP contribution < -0.4 is 0 Å². The zero-order valence-corrected chi connectivity index (χ0v) is 12.8. The van der Waals surface area contributed by atoms with Gasteiger partial charge in [0.1, 0.15) is 5.75 Å². The lowest BCUT2D eigenvalue weighted by molar-refractivity contribution is 0.406. The molecule has 1 heterocycles. The van der Waals surface area contributed by atoms with Crippen LogP contribution in [-0.2, 0) is 0 Å². The lowest BCUT2D eigenvalue weighted by Gasteiger charge is -2.07. The predicted octanol–water partition coefficient (Wildman–Crippen LogP) is 4.64. The van der Waals surface area contributed by atoms with Gasteiger partial charge in [-0.25, -0.2) is 0 Å². The summed E-state index contributed by atoms with van der Waals surface area (Å²) in [6, 6.07) is 5.26. The Morgan fingerprint density at radius 2 is 1.90 bits per heavy atom. The Hall–Kier alpha value is -1.36. The smallest absolute Gasteiger partial charge is 0.261 e. The van der Waals surface area contributed by atoms with Crippen molar-refractivity contribution in [2.75, 3.05) is 0 Å². The standard InChI is InChI=1S/C15H17BrN2O2/c16-11-7-8-12(13(19)9-11)15-17-14(18-20-15)10-5-3-1-2-4-6-10/h7-10,19H,1-6H2. The summed E-state index contributed by atoms with van der Waals surface area (Å²) in [5, 5.41) is 14.1.